The van der Waals surface area contributed by atoms with Crippen molar-refractivity contribution < 1.29 is 14.0 Å². The van der Waals surface area contributed by atoms with Gasteiger partial charge in [0.25, 0.3) is 5.56 Å². The first-order valence-corrected chi connectivity index (χ1v) is 16.2. The molecule has 0 radical (unpaired) electrons. The summed E-state index contributed by atoms with van der Waals surface area (Å²) < 4.78 is 14.4. The molecule has 7 nitrogen and oxygen atoms in total. The summed E-state index contributed by atoms with van der Waals surface area (Å²) in [5.41, 5.74) is 0.869. The van der Waals surface area contributed by atoms with E-state index in [-0.39, 0.29) is 42.1 Å². The average Bonchev–Trinajstić information content (AvgIpc) is 3.13. The van der Waals surface area contributed by atoms with Crippen LogP contribution in [0.15, 0.2) is 39.9 Å². The van der Waals surface area contributed by atoms with Gasteiger partial charge in [-0.1, -0.05) is 51.1 Å². The van der Waals surface area contributed by atoms with Crippen LogP contribution >= 0.6 is 11.3 Å². The van der Waals surface area contributed by atoms with Crippen LogP contribution in [0.5, 0.6) is 0 Å². The summed E-state index contributed by atoms with van der Waals surface area (Å²) in [5, 5.41) is 0.417. The molecule has 0 aliphatic carbocycles. The fraction of sp³-hybridized carbons (Fsp3) is 0.519. The fourth-order valence-electron chi connectivity index (χ4n) is 3.99. The zero-order valence-corrected chi connectivity index (χ0v) is 24.5. The van der Waals surface area contributed by atoms with Crippen LogP contribution in [0.25, 0.3) is 10.2 Å². The number of hydrogen-bond donors (Lipinski definition) is 0. The van der Waals surface area contributed by atoms with Crippen molar-refractivity contribution in [3.05, 3.63) is 67.2 Å². The highest BCUT2D eigenvalue weighted by Crippen LogP contribution is 2.36. The Balaban J connectivity index is 2.14. The molecule has 0 saturated heterocycles. The number of carbonyl (C=O) groups excluding carboxylic acids is 1. The first-order valence-electron chi connectivity index (χ1n) is 12.4. The number of nitrogens with zero attached hydrogens (tertiary/aromatic N) is 2. The van der Waals surface area contributed by atoms with Gasteiger partial charge in [-0.15, -0.1) is 11.3 Å². The van der Waals surface area contributed by atoms with E-state index < -0.39 is 14.3 Å². The first kappa shape index (κ1) is 28.1. The minimum Gasteiger partial charge on any atom is -0.462 e. The monoisotopic (exact) mass is 530 g/mol. The molecule has 3 aromatic rings. The smallest absolute Gasteiger partial charge is 0.348 e. The molecule has 0 saturated carbocycles. The number of thiophene rings is 1. The molecule has 36 heavy (non-hydrogen) atoms. The number of esters is 1. The molecular weight excluding hydrogens is 492 g/mol. The highest BCUT2D eigenvalue weighted by molar-refractivity contribution is 7.20. The van der Waals surface area contributed by atoms with Crippen LogP contribution in [0.4, 0.5) is 0 Å². The average molecular weight is 531 g/mol. The molecule has 2 aromatic heterocycles. The third kappa shape index (κ3) is 5.58. The number of fused-ring (bicyclic) bond motifs is 1. The van der Waals surface area contributed by atoms with Gasteiger partial charge in [0.2, 0.25) is 0 Å². The van der Waals surface area contributed by atoms with Gasteiger partial charge in [-0.25, -0.2) is 9.59 Å². The van der Waals surface area contributed by atoms with Gasteiger partial charge in [-0.05, 0) is 56.5 Å². The Morgan fingerprint density at radius 1 is 1.14 bits per heavy atom. The number of ether oxygens (including phenoxy) is 1. The van der Waals surface area contributed by atoms with Crippen molar-refractivity contribution in [2.75, 3.05) is 13.2 Å². The van der Waals surface area contributed by atoms with Gasteiger partial charge >= 0.3 is 11.7 Å². The number of hydrogen-bond acceptors (Lipinski definition) is 6. The van der Waals surface area contributed by atoms with Crippen molar-refractivity contribution in [3.63, 3.8) is 0 Å². The van der Waals surface area contributed by atoms with Gasteiger partial charge in [0.1, 0.15) is 9.71 Å². The van der Waals surface area contributed by atoms with Crippen molar-refractivity contribution in [1.29, 1.82) is 0 Å². The lowest BCUT2D eigenvalue weighted by Crippen LogP contribution is -2.45. The van der Waals surface area contributed by atoms with Gasteiger partial charge in [-0.3, -0.25) is 13.9 Å². The summed E-state index contributed by atoms with van der Waals surface area (Å²) in [6.45, 7) is 16.9. The molecule has 1 aromatic carbocycles. The van der Waals surface area contributed by atoms with E-state index in [1.807, 2.05) is 37.3 Å². The van der Waals surface area contributed by atoms with E-state index in [4.69, 9.17) is 9.16 Å². The molecule has 0 aliphatic heterocycles. The van der Waals surface area contributed by atoms with Crippen LogP contribution in [0, 0.1) is 6.92 Å². The maximum atomic E-state index is 13.8. The lowest BCUT2D eigenvalue weighted by Gasteiger charge is -2.36. The Kier molecular flexibility index (Phi) is 8.47. The normalized spacial score (nSPS) is 13.2. The highest BCUT2D eigenvalue weighted by Gasteiger charge is 2.37. The van der Waals surface area contributed by atoms with Gasteiger partial charge < -0.3 is 9.16 Å². The maximum Gasteiger partial charge on any atom is 0.348 e. The van der Waals surface area contributed by atoms with Crippen LogP contribution in [-0.4, -0.2) is 36.6 Å². The third-order valence-corrected chi connectivity index (χ3v) is 12.9. The Morgan fingerprint density at radius 2 is 1.78 bits per heavy atom. The SMILES string of the molecule is CCOC(=O)c1sc2c(c1C)c(=O)n(CCO[Si](C)(C)C(C)(C)C)c(=O)n2C(C)Cc1ccccc1. The van der Waals surface area contributed by atoms with Crippen molar-refractivity contribution in [1.82, 2.24) is 9.13 Å². The summed E-state index contributed by atoms with van der Waals surface area (Å²) in [4.78, 5) is 40.9. The van der Waals surface area contributed by atoms with E-state index in [1.54, 1.807) is 18.4 Å². The second kappa shape index (κ2) is 10.9. The fourth-order valence-corrected chi connectivity index (χ4v) is 6.32. The van der Waals surface area contributed by atoms with E-state index in [0.717, 1.165) is 16.9 Å². The van der Waals surface area contributed by atoms with Crippen molar-refractivity contribution in [2.24, 2.45) is 0 Å². The number of aryl methyl sites for hydroxylation is 1. The number of benzene rings is 1. The standard InChI is InChI=1S/C27H38N2O5SSi/c1-9-33-25(31)22-19(3)21-23(30)28(15-16-34-36(7,8)27(4,5)6)26(32)29(24(21)35-22)18(2)17-20-13-11-10-12-14-20/h10-14,18H,9,15-17H2,1-8H3. The number of carbonyl (C=O) groups is 1. The van der Waals surface area contributed by atoms with Gasteiger partial charge in [0.15, 0.2) is 8.32 Å². The highest BCUT2D eigenvalue weighted by atomic mass is 32.1. The van der Waals surface area contributed by atoms with Crippen molar-refractivity contribution in [2.45, 2.75) is 78.7 Å². The predicted molar refractivity (Wildman–Crippen MR) is 149 cm³/mol. The zero-order chi connectivity index (χ0) is 26.8. The number of rotatable bonds is 9. The molecule has 0 spiro atoms. The van der Waals surface area contributed by atoms with E-state index in [2.05, 4.69) is 33.9 Å². The molecule has 1 atom stereocenters. The topological polar surface area (TPSA) is 79.5 Å². The molecule has 0 N–H and O–H groups in total. The van der Waals surface area contributed by atoms with Gasteiger partial charge in [0, 0.05) is 6.04 Å². The second-order valence-corrected chi connectivity index (χ2v) is 16.5. The minimum absolute atomic E-state index is 0.0187. The molecule has 1 unspecified atom stereocenters. The molecule has 3 rings (SSSR count). The first-order chi connectivity index (χ1) is 16.8. The van der Waals surface area contributed by atoms with Crippen LogP contribution in [0.1, 0.15) is 61.5 Å². The summed E-state index contributed by atoms with van der Waals surface area (Å²) in [5.74, 6) is -0.474. The van der Waals surface area contributed by atoms with Gasteiger partial charge in [0.05, 0.1) is 25.1 Å². The van der Waals surface area contributed by atoms with E-state index in [9.17, 15) is 14.4 Å². The Labute approximate surface area is 217 Å². The summed E-state index contributed by atoms with van der Waals surface area (Å²) in [6.07, 6.45) is 0.611. The molecule has 0 amide bonds. The van der Waals surface area contributed by atoms with Crippen LogP contribution in [0.2, 0.25) is 18.1 Å². The van der Waals surface area contributed by atoms with E-state index in [0.29, 0.717) is 27.1 Å². The summed E-state index contributed by atoms with van der Waals surface area (Å²) in [6, 6.07) is 9.69. The van der Waals surface area contributed by atoms with Crippen LogP contribution in [-0.2, 0) is 22.1 Å². The molecule has 9 heteroatoms. The molecule has 196 valence electrons. The predicted octanol–water partition coefficient (Wildman–Crippen LogP) is 5.54. The maximum absolute atomic E-state index is 13.8. The zero-order valence-electron chi connectivity index (χ0n) is 22.6. The van der Waals surface area contributed by atoms with Crippen LogP contribution < -0.4 is 11.2 Å². The van der Waals surface area contributed by atoms with E-state index >= 15 is 0 Å². The molecule has 0 bridgehead atoms. The molecule has 0 aliphatic rings. The molecule has 0 fully saturated rings. The summed E-state index contributed by atoms with van der Waals surface area (Å²) >= 11 is 1.16. The minimum atomic E-state index is -2.05. The largest absolute Gasteiger partial charge is 0.462 e. The van der Waals surface area contributed by atoms with Crippen LogP contribution in [0.3, 0.4) is 0 Å². The van der Waals surface area contributed by atoms with Crippen molar-refractivity contribution >= 4 is 35.8 Å². The Hall–Kier alpha value is -2.49. The Morgan fingerprint density at radius 3 is 2.36 bits per heavy atom. The lowest BCUT2D eigenvalue weighted by atomic mass is 10.1. The third-order valence-electron chi connectivity index (χ3n) is 7.10. The van der Waals surface area contributed by atoms with Crippen molar-refractivity contribution in [3.8, 4) is 0 Å². The number of aromatic nitrogens is 2. The second-order valence-electron chi connectivity index (χ2n) is 10.7. The molecule has 2 heterocycles. The Bertz CT molecular complexity index is 1350. The van der Waals surface area contributed by atoms with E-state index in [1.165, 1.54) is 4.57 Å². The lowest BCUT2D eigenvalue weighted by molar-refractivity contribution is 0.0531. The van der Waals surface area contributed by atoms with Gasteiger partial charge in [-0.2, -0.15) is 0 Å². The molecular formula is C27H38N2O5SSi. The summed E-state index contributed by atoms with van der Waals surface area (Å²) in [7, 11) is -2.05. The quantitative estimate of drug-likeness (QED) is 0.268.